The Morgan fingerprint density at radius 2 is 1.95 bits per heavy atom. The molecule has 4 nitrogen and oxygen atoms in total. The fourth-order valence-electron chi connectivity index (χ4n) is 3.13. The molecule has 110 valence electrons. The van der Waals surface area contributed by atoms with E-state index in [4.69, 9.17) is 11.5 Å². The number of amides is 1. The van der Waals surface area contributed by atoms with Gasteiger partial charge in [-0.3, -0.25) is 4.79 Å². The molecule has 1 aromatic carbocycles. The monoisotopic (exact) mass is 275 g/mol. The van der Waals surface area contributed by atoms with E-state index in [1.807, 2.05) is 12.1 Å². The Kier molecular flexibility index (Phi) is 4.53. The highest BCUT2D eigenvalue weighted by Gasteiger charge is 2.23. The van der Waals surface area contributed by atoms with Crippen LogP contribution in [0.5, 0.6) is 0 Å². The fraction of sp³-hybridized carbons (Fsp3) is 0.562. The summed E-state index contributed by atoms with van der Waals surface area (Å²) in [5, 5.41) is 0. The van der Waals surface area contributed by atoms with Gasteiger partial charge in [-0.15, -0.1) is 0 Å². The summed E-state index contributed by atoms with van der Waals surface area (Å²) in [7, 11) is 2.09. The van der Waals surface area contributed by atoms with Crippen molar-refractivity contribution in [3.05, 3.63) is 23.8 Å². The minimum absolute atomic E-state index is 0.414. The van der Waals surface area contributed by atoms with Crippen molar-refractivity contribution in [3.63, 3.8) is 0 Å². The lowest BCUT2D eigenvalue weighted by Gasteiger charge is -2.36. The Hall–Kier alpha value is -1.71. The van der Waals surface area contributed by atoms with Gasteiger partial charge in [-0.2, -0.15) is 0 Å². The first-order valence-electron chi connectivity index (χ1n) is 7.45. The summed E-state index contributed by atoms with van der Waals surface area (Å²) in [4.78, 5) is 13.6. The van der Waals surface area contributed by atoms with Crippen LogP contribution in [0.15, 0.2) is 18.2 Å². The molecule has 2 rings (SSSR count). The number of primary amides is 1. The molecular weight excluding hydrogens is 250 g/mol. The van der Waals surface area contributed by atoms with E-state index in [1.165, 1.54) is 32.1 Å². The van der Waals surface area contributed by atoms with Crippen molar-refractivity contribution in [2.24, 2.45) is 11.7 Å². The van der Waals surface area contributed by atoms with Crippen molar-refractivity contribution in [1.29, 1.82) is 0 Å². The van der Waals surface area contributed by atoms with Crippen molar-refractivity contribution >= 4 is 17.3 Å². The standard InChI is InChI=1S/C16H25N3O/c1-3-11-4-6-12(7-5-11)19(2)13-8-9-15(17)14(10-13)16(18)20/h8-12H,3-7,17H2,1-2H3,(H2,18,20). The molecule has 4 heteroatoms. The number of hydrogen-bond donors (Lipinski definition) is 2. The minimum atomic E-state index is -0.465. The van der Waals surface area contributed by atoms with Gasteiger partial charge in [-0.25, -0.2) is 0 Å². The highest BCUT2D eigenvalue weighted by atomic mass is 16.1. The van der Waals surface area contributed by atoms with Gasteiger partial charge in [0.25, 0.3) is 5.91 Å². The Balaban J connectivity index is 2.11. The first-order valence-corrected chi connectivity index (χ1v) is 7.45. The minimum Gasteiger partial charge on any atom is -0.398 e. The smallest absolute Gasteiger partial charge is 0.250 e. The van der Waals surface area contributed by atoms with Crippen LogP contribution in [-0.2, 0) is 0 Å². The summed E-state index contributed by atoms with van der Waals surface area (Å²) in [6, 6.07) is 6.09. The molecule has 1 aromatic rings. The zero-order valence-electron chi connectivity index (χ0n) is 12.4. The molecule has 1 fully saturated rings. The molecule has 0 aliphatic heterocycles. The van der Waals surface area contributed by atoms with E-state index < -0.39 is 5.91 Å². The first-order chi connectivity index (χ1) is 9.52. The van der Waals surface area contributed by atoms with Gasteiger partial charge in [-0.05, 0) is 49.8 Å². The van der Waals surface area contributed by atoms with Gasteiger partial charge in [0.15, 0.2) is 0 Å². The number of nitrogen functional groups attached to an aromatic ring is 1. The maximum Gasteiger partial charge on any atom is 0.250 e. The maximum atomic E-state index is 11.4. The van der Waals surface area contributed by atoms with Crippen molar-refractivity contribution in [2.75, 3.05) is 17.7 Å². The van der Waals surface area contributed by atoms with Gasteiger partial charge in [0.1, 0.15) is 0 Å². The molecule has 1 saturated carbocycles. The van der Waals surface area contributed by atoms with Crippen LogP contribution in [0, 0.1) is 5.92 Å². The molecule has 0 atom stereocenters. The SMILES string of the molecule is CCC1CCC(N(C)c2ccc(N)c(C(N)=O)c2)CC1. The molecule has 0 radical (unpaired) electrons. The van der Waals surface area contributed by atoms with Crippen LogP contribution < -0.4 is 16.4 Å². The summed E-state index contributed by atoms with van der Waals surface area (Å²) < 4.78 is 0. The number of carbonyl (C=O) groups excluding carboxylic acids is 1. The van der Waals surface area contributed by atoms with E-state index in [2.05, 4.69) is 18.9 Å². The second-order valence-corrected chi connectivity index (χ2v) is 5.83. The number of carbonyl (C=O) groups is 1. The van der Waals surface area contributed by atoms with Crippen molar-refractivity contribution in [2.45, 2.75) is 45.1 Å². The fourth-order valence-corrected chi connectivity index (χ4v) is 3.13. The van der Waals surface area contributed by atoms with Crippen LogP contribution in [0.25, 0.3) is 0 Å². The third kappa shape index (κ3) is 3.06. The Morgan fingerprint density at radius 3 is 2.50 bits per heavy atom. The summed E-state index contributed by atoms with van der Waals surface area (Å²) in [5.74, 6) is 0.416. The van der Waals surface area contributed by atoms with Crippen LogP contribution in [-0.4, -0.2) is 19.0 Å². The van der Waals surface area contributed by atoms with E-state index >= 15 is 0 Å². The molecule has 1 amide bonds. The third-order valence-electron chi connectivity index (χ3n) is 4.65. The quantitative estimate of drug-likeness (QED) is 0.830. The van der Waals surface area contributed by atoms with E-state index in [0.717, 1.165) is 11.6 Å². The number of anilines is 2. The second-order valence-electron chi connectivity index (χ2n) is 5.83. The lowest BCUT2D eigenvalue weighted by Crippen LogP contribution is -2.35. The topological polar surface area (TPSA) is 72.3 Å². The molecule has 0 bridgehead atoms. The maximum absolute atomic E-state index is 11.4. The summed E-state index contributed by atoms with van der Waals surface area (Å²) >= 11 is 0. The Labute approximate surface area is 121 Å². The van der Waals surface area contributed by atoms with E-state index in [-0.39, 0.29) is 0 Å². The van der Waals surface area contributed by atoms with Gasteiger partial charge in [0, 0.05) is 24.5 Å². The van der Waals surface area contributed by atoms with Crippen molar-refractivity contribution in [1.82, 2.24) is 0 Å². The number of nitrogens with two attached hydrogens (primary N) is 2. The molecule has 0 aromatic heterocycles. The predicted molar refractivity (Wildman–Crippen MR) is 83.8 cm³/mol. The Morgan fingerprint density at radius 1 is 1.30 bits per heavy atom. The summed E-state index contributed by atoms with van der Waals surface area (Å²) in [6.45, 7) is 2.27. The molecule has 1 aliphatic carbocycles. The van der Waals surface area contributed by atoms with Gasteiger partial charge < -0.3 is 16.4 Å². The van der Waals surface area contributed by atoms with E-state index in [0.29, 0.717) is 17.3 Å². The van der Waals surface area contributed by atoms with Gasteiger partial charge >= 0.3 is 0 Å². The Bertz CT molecular complexity index is 479. The zero-order valence-corrected chi connectivity index (χ0v) is 12.4. The number of benzene rings is 1. The van der Waals surface area contributed by atoms with Crippen LogP contribution in [0.1, 0.15) is 49.4 Å². The molecule has 20 heavy (non-hydrogen) atoms. The zero-order chi connectivity index (χ0) is 14.7. The lowest BCUT2D eigenvalue weighted by molar-refractivity contribution is 0.100. The molecule has 0 heterocycles. The highest BCUT2D eigenvalue weighted by molar-refractivity contribution is 5.99. The summed E-state index contributed by atoms with van der Waals surface area (Å²) in [5.41, 5.74) is 13.0. The van der Waals surface area contributed by atoms with Crippen LogP contribution in [0.2, 0.25) is 0 Å². The molecule has 0 saturated heterocycles. The molecule has 4 N–H and O–H groups in total. The van der Waals surface area contributed by atoms with E-state index in [9.17, 15) is 4.79 Å². The average molecular weight is 275 g/mol. The van der Waals surface area contributed by atoms with Gasteiger partial charge in [0.05, 0.1) is 5.56 Å². The van der Waals surface area contributed by atoms with Crippen LogP contribution in [0.4, 0.5) is 11.4 Å². The predicted octanol–water partition coefficient (Wildman–Crippen LogP) is 2.77. The third-order valence-corrected chi connectivity index (χ3v) is 4.65. The largest absolute Gasteiger partial charge is 0.398 e. The average Bonchev–Trinajstić information content (AvgIpc) is 2.47. The van der Waals surface area contributed by atoms with Gasteiger partial charge in [-0.1, -0.05) is 13.3 Å². The second kappa shape index (κ2) is 6.16. The van der Waals surface area contributed by atoms with Crippen LogP contribution in [0.3, 0.4) is 0 Å². The normalized spacial score (nSPS) is 22.5. The van der Waals surface area contributed by atoms with Crippen molar-refractivity contribution in [3.8, 4) is 0 Å². The number of hydrogen-bond acceptors (Lipinski definition) is 3. The summed E-state index contributed by atoms with van der Waals surface area (Å²) in [6.07, 6.45) is 6.30. The number of nitrogens with zero attached hydrogens (tertiary/aromatic N) is 1. The number of rotatable bonds is 4. The highest BCUT2D eigenvalue weighted by Crippen LogP contribution is 2.32. The molecule has 1 aliphatic rings. The lowest BCUT2D eigenvalue weighted by atomic mass is 9.84. The van der Waals surface area contributed by atoms with Gasteiger partial charge in [0.2, 0.25) is 0 Å². The molecule has 0 unspecified atom stereocenters. The first kappa shape index (κ1) is 14.7. The molecule has 0 spiro atoms. The van der Waals surface area contributed by atoms with Crippen LogP contribution >= 0.6 is 0 Å². The van der Waals surface area contributed by atoms with Crippen molar-refractivity contribution < 1.29 is 4.79 Å². The molecular formula is C16H25N3O. The van der Waals surface area contributed by atoms with E-state index in [1.54, 1.807) is 6.07 Å².